The maximum Gasteiger partial charge on any atom is 0.462 e. The Hall–Kier alpha value is -2.58. The third-order valence-corrected chi connectivity index (χ3v) is 3.96. The normalized spacial score (nSPS) is 17.7. The molecule has 1 rings (SSSR count). The van der Waals surface area contributed by atoms with E-state index in [1.54, 1.807) is 0 Å². The number of benzene rings is 1. The molecule has 1 N–H and O–H groups in total. The van der Waals surface area contributed by atoms with Crippen LogP contribution in [0.25, 0.3) is 0 Å². The molecule has 0 radical (unpaired) electrons. The quantitative estimate of drug-likeness (QED) is 0.342. The van der Waals surface area contributed by atoms with E-state index >= 15 is 0 Å². The molecule has 0 saturated heterocycles. The van der Waals surface area contributed by atoms with Crippen molar-refractivity contribution in [3.63, 3.8) is 0 Å². The Kier molecular flexibility index (Phi) is 8.17. The molecule has 0 aromatic heterocycles. The summed E-state index contributed by atoms with van der Waals surface area (Å²) in [5.41, 5.74) is -0.562. The van der Waals surface area contributed by atoms with Gasteiger partial charge in [-0.3, -0.25) is 14.3 Å². The van der Waals surface area contributed by atoms with Gasteiger partial charge in [0.05, 0.1) is 0 Å². The maximum atomic E-state index is 14.4. The number of carbonyl (C=O) groups excluding carboxylic acids is 1. The van der Waals surface area contributed by atoms with Crippen molar-refractivity contribution < 1.29 is 88.9 Å². The monoisotopic (exact) mass is 585 g/mol. The Morgan fingerprint density at radius 1 is 0.622 bits per heavy atom. The summed E-state index contributed by atoms with van der Waals surface area (Å²) in [7, 11) is 0. The summed E-state index contributed by atoms with van der Waals surface area (Å²) < 4.78 is 226. The SMILES string of the molecule is Cc1ccc(NC(=O)[C@](F)(OC(F)(F)[C@](F)(OC(F)(F)C(F)(F)C(F)(F)F)C(F)(F)F)C(F)(F)F)cc1. The number of hydrogen-bond donors (Lipinski definition) is 1. The van der Waals surface area contributed by atoms with E-state index in [0.29, 0.717) is 17.7 Å². The highest BCUT2D eigenvalue weighted by Gasteiger charge is 2.85. The van der Waals surface area contributed by atoms with Crippen molar-refractivity contribution in [1.29, 1.82) is 0 Å². The van der Waals surface area contributed by atoms with Crippen LogP contribution in [0.3, 0.4) is 0 Å². The molecule has 4 nitrogen and oxygen atoms in total. The largest absolute Gasteiger partial charge is 0.462 e. The Morgan fingerprint density at radius 2 is 1.05 bits per heavy atom. The molecule has 0 aliphatic carbocycles. The number of halogens is 17. The van der Waals surface area contributed by atoms with Gasteiger partial charge in [0.2, 0.25) is 0 Å². The molecule has 0 bridgehead atoms. The highest BCUT2D eigenvalue weighted by Crippen LogP contribution is 2.56. The predicted octanol–water partition coefficient (Wildman–Crippen LogP) is 6.81. The minimum atomic E-state index is -8.05. The highest BCUT2D eigenvalue weighted by molar-refractivity contribution is 5.96. The van der Waals surface area contributed by atoms with Crippen LogP contribution < -0.4 is 5.32 Å². The average molecular weight is 585 g/mol. The Morgan fingerprint density at radius 3 is 1.41 bits per heavy atom. The van der Waals surface area contributed by atoms with Crippen molar-refractivity contribution in [2.45, 2.75) is 55.3 Å². The molecular weight excluding hydrogens is 577 g/mol. The lowest BCUT2D eigenvalue weighted by Gasteiger charge is -2.40. The van der Waals surface area contributed by atoms with Gasteiger partial charge in [0.15, 0.2) is 0 Å². The number of ether oxygens (including phenoxy) is 2. The van der Waals surface area contributed by atoms with Gasteiger partial charge in [-0.2, -0.15) is 74.6 Å². The van der Waals surface area contributed by atoms with Gasteiger partial charge < -0.3 is 5.32 Å². The molecule has 21 heteroatoms. The molecule has 1 aromatic rings. The number of carbonyl (C=O) groups is 1. The Bertz CT molecular complexity index is 969. The molecular formula is C16H8F17NO3. The van der Waals surface area contributed by atoms with Crippen molar-refractivity contribution in [3.05, 3.63) is 29.8 Å². The lowest BCUT2D eigenvalue weighted by molar-refractivity contribution is -0.548. The summed E-state index contributed by atoms with van der Waals surface area (Å²) in [5, 5.41) is 0.868. The summed E-state index contributed by atoms with van der Waals surface area (Å²) in [4.78, 5) is 11.7. The van der Waals surface area contributed by atoms with E-state index in [2.05, 4.69) is 0 Å². The smallest absolute Gasteiger partial charge is 0.321 e. The van der Waals surface area contributed by atoms with E-state index in [-0.39, 0.29) is 0 Å². The number of anilines is 1. The van der Waals surface area contributed by atoms with Crippen molar-refractivity contribution in [2.75, 3.05) is 5.32 Å². The number of rotatable bonds is 8. The molecule has 0 aliphatic heterocycles. The molecule has 0 spiro atoms. The first-order chi connectivity index (χ1) is 16.1. The fourth-order valence-corrected chi connectivity index (χ4v) is 2.01. The Balaban J connectivity index is 3.61. The number of hydrogen-bond acceptors (Lipinski definition) is 3. The zero-order valence-electron chi connectivity index (χ0n) is 17.0. The molecule has 2 atom stereocenters. The zero-order valence-corrected chi connectivity index (χ0v) is 17.0. The van der Waals surface area contributed by atoms with Crippen LogP contribution in [-0.2, 0) is 14.3 Å². The zero-order chi connectivity index (χ0) is 29.7. The van der Waals surface area contributed by atoms with E-state index in [1.165, 1.54) is 11.7 Å². The van der Waals surface area contributed by atoms with Gasteiger partial charge >= 0.3 is 48.4 Å². The molecule has 214 valence electrons. The van der Waals surface area contributed by atoms with Crippen LogP contribution in [-0.4, -0.2) is 54.3 Å². The van der Waals surface area contributed by atoms with Crippen molar-refractivity contribution in [3.8, 4) is 0 Å². The minimum absolute atomic E-state index is 0.323. The van der Waals surface area contributed by atoms with Crippen LogP contribution in [0.5, 0.6) is 0 Å². The summed E-state index contributed by atoms with van der Waals surface area (Å²) in [6, 6.07) is 3.32. The second kappa shape index (κ2) is 9.31. The summed E-state index contributed by atoms with van der Waals surface area (Å²) in [6.45, 7) is 1.35. The lowest BCUT2D eigenvalue weighted by atomic mass is 10.2. The second-order valence-corrected chi connectivity index (χ2v) is 6.82. The van der Waals surface area contributed by atoms with Crippen LogP contribution in [0.4, 0.5) is 80.3 Å². The fraction of sp³-hybridized carbons (Fsp3) is 0.562. The first-order valence-electron chi connectivity index (χ1n) is 8.55. The van der Waals surface area contributed by atoms with Crippen molar-refractivity contribution in [1.82, 2.24) is 0 Å². The molecule has 0 fully saturated rings. The van der Waals surface area contributed by atoms with E-state index in [9.17, 15) is 79.4 Å². The first kappa shape index (κ1) is 32.4. The standard InChI is InChI=1S/C16H8F17NO3/c1-6-2-4-7(5-3-6)34-8(35)9(17,12(21,22)23)36-16(32,33)11(20,14(27,28)29)37-15(30,31)10(18,19)13(24,25)26/h2-5H,1H3,(H,34,35)/t9-,11+/m0/s1. The number of amides is 1. The molecule has 0 aliphatic rings. The fourth-order valence-electron chi connectivity index (χ4n) is 2.01. The number of aryl methyl sites for hydroxylation is 1. The van der Waals surface area contributed by atoms with Gasteiger partial charge in [-0.05, 0) is 19.1 Å². The summed E-state index contributed by atoms with van der Waals surface area (Å²) in [5.74, 6) is -26.2. The molecule has 0 heterocycles. The highest BCUT2D eigenvalue weighted by atomic mass is 19.4. The van der Waals surface area contributed by atoms with Gasteiger partial charge in [-0.15, -0.1) is 0 Å². The first-order valence-corrected chi connectivity index (χ1v) is 8.55. The molecule has 0 unspecified atom stereocenters. The van der Waals surface area contributed by atoms with Gasteiger partial charge in [-0.1, -0.05) is 17.7 Å². The minimum Gasteiger partial charge on any atom is -0.321 e. The topological polar surface area (TPSA) is 47.6 Å². The van der Waals surface area contributed by atoms with E-state index in [0.717, 1.165) is 17.4 Å². The maximum absolute atomic E-state index is 14.4. The second-order valence-electron chi connectivity index (χ2n) is 6.82. The summed E-state index contributed by atoms with van der Waals surface area (Å²) >= 11 is 0. The van der Waals surface area contributed by atoms with E-state index in [4.69, 9.17) is 0 Å². The van der Waals surface area contributed by atoms with Crippen LogP contribution in [0.2, 0.25) is 0 Å². The van der Waals surface area contributed by atoms with Gasteiger partial charge in [0, 0.05) is 5.69 Å². The van der Waals surface area contributed by atoms with Gasteiger partial charge in [0.25, 0.3) is 5.91 Å². The van der Waals surface area contributed by atoms with E-state index < -0.39 is 60.0 Å². The molecule has 0 saturated carbocycles. The van der Waals surface area contributed by atoms with Crippen LogP contribution in [0.1, 0.15) is 5.56 Å². The van der Waals surface area contributed by atoms with Crippen LogP contribution in [0.15, 0.2) is 24.3 Å². The third kappa shape index (κ3) is 5.96. The lowest BCUT2D eigenvalue weighted by Crippen LogP contribution is -2.68. The van der Waals surface area contributed by atoms with Crippen molar-refractivity contribution >= 4 is 11.6 Å². The Labute approximate surface area is 192 Å². The molecule has 1 amide bonds. The van der Waals surface area contributed by atoms with E-state index in [1.807, 2.05) is 4.74 Å². The number of alkyl halides is 17. The predicted molar refractivity (Wildman–Crippen MR) is 82.7 cm³/mol. The van der Waals surface area contributed by atoms with Crippen molar-refractivity contribution in [2.24, 2.45) is 0 Å². The molecule has 37 heavy (non-hydrogen) atoms. The van der Waals surface area contributed by atoms with Crippen LogP contribution in [0, 0.1) is 6.92 Å². The van der Waals surface area contributed by atoms with Gasteiger partial charge in [0.1, 0.15) is 0 Å². The van der Waals surface area contributed by atoms with Gasteiger partial charge in [-0.25, -0.2) is 0 Å². The number of nitrogens with one attached hydrogen (secondary N) is 1. The third-order valence-electron chi connectivity index (χ3n) is 3.96. The van der Waals surface area contributed by atoms with Crippen LogP contribution >= 0.6 is 0 Å². The molecule has 1 aromatic carbocycles. The average Bonchev–Trinajstić information content (AvgIpc) is 2.66. The summed E-state index contributed by atoms with van der Waals surface area (Å²) in [6.07, 6.45) is -38.5.